The lowest BCUT2D eigenvalue weighted by atomic mass is 9.91. The average molecular weight is 378 g/mol. The molecule has 0 aliphatic rings. The van der Waals surface area contributed by atoms with Crippen molar-refractivity contribution in [2.24, 2.45) is 0 Å². The Labute approximate surface area is 116 Å². The van der Waals surface area contributed by atoms with Crippen molar-refractivity contribution in [3.05, 3.63) is 0 Å². The van der Waals surface area contributed by atoms with Gasteiger partial charge >= 0.3 is 41.5 Å². The van der Waals surface area contributed by atoms with Crippen LogP contribution >= 0.6 is 0 Å². The van der Waals surface area contributed by atoms with Crippen molar-refractivity contribution in [1.29, 1.82) is 0 Å². The molecule has 23 heavy (non-hydrogen) atoms. The van der Waals surface area contributed by atoms with Crippen LogP contribution in [0.1, 0.15) is 0 Å². The van der Waals surface area contributed by atoms with E-state index in [0.29, 0.717) is 0 Å². The topological polar surface area (TPSA) is 37.3 Å². The Morgan fingerprint density at radius 1 is 0.652 bits per heavy atom. The number of hydrogen-bond donors (Lipinski definition) is 1. The Morgan fingerprint density at radius 2 is 0.957 bits per heavy atom. The fraction of sp³-hybridized carbons (Fsp3) is 0.875. The van der Waals surface area contributed by atoms with Gasteiger partial charge in [-0.1, -0.05) is 0 Å². The molecule has 0 bridgehead atoms. The minimum Gasteiger partial charge on any atom is -0.477 e. The molecule has 1 N–H and O–H groups in total. The van der Waals surface area contributed by atoms with Crippen LogP contribution in [0.3, 0.4) is 0 Å². The molecule has 0 aliphatic carbocycles. The molecule has 0 rings (SSSR count). The number of carboxylic acids is 1. The molecule has 0 saturated carbocycles. The molecule has 0 aromatic carbocycles. The summed E-state index contributed by atoms with van der Waals surface area (Å²) in [5, 5.41) is 7.61. The summed E-state index contributed by atoms with van der Waals surface area (Å²) in [6, 6.07) is 0. The number of hydrogen-bond acceptors (Lipinski definition) is 1. The number of aliphatic carboxylic acids is 1. The maximum atomic E-state index is 12.8. The Bertz CT molecular complexity index is 469. The third-order valence-corrected chi connectivity index (χ3v) is 2.47. The summed E-state index contributed by atoms with van der Waals surface area (Å²) in [6.07, 6.45) is 0. The van der Waals surface area contributed by atoms with Crippen LogP contribution in [0.4, 0.5) is 57.1 Å². The summed E-state index contributed by atoms with van der Waals surface area (Å²) in [5.41, 5.74) is 0. The number of alkyl halides is 13. The van der Waals surface area contributed by atoms with E-state index in [-0.39, 0.29) is 0 Å². The zero-order valence-corrected chi connectivity index (χ0v) is 9.98. The van der Waals surface area contributed by atoms with Crippen molar-refractivity contribution in [2.75, 3.05) is 6.67 Å². The maximum absolute atomic E-state index is 12.8. The SMILES string of the molecule is O=C(O)C(F)(F)C(F)(F)C(F)(F)C(F)(F)C(F)(F)C(F)(F)CF. The van der Waals surface area contributed by atoms with Gasteiger partial charge in [0.15, 0.2) is 6.67 Å². The van der Waals surface area contributed by atoms with Crippen LogP contribution in [-0.2, 0) is 4.79 Å². The molecule has 0 amide bonds. The van der Waals surface area contributed by atoms with Gasteiger partial charge in [0, 0.05) is 0 Å². The lowest BCUT2D eigenvalue weighted by Crippen LogP contribution is -2.72. The predicted octanol–water partition coefficient (Wildman–Crippen LogP) is 3.85. The highest BCUT2D eigenvalue weighted by Crippen LogP contribution is 2.59. The molecule has 0 radical (unpaired) electrons. The molecule has 138 valence electrons. The van der Waals surface area contributed by atoms with Gasteiger partial charge in [-0.05, 0) is 0 Å². The smallest absolute Gasteiger partial charge is 0.410 e. The van der Waals surface area contributed by atoms with Gasteiger partial charge in [0.2, 0.25) is 0 Å². The molecule has 0 spiro atoms. The van der Waals surface area contributed by atoms with E-state index in [1.165, 1.54) is 0 Å². The summed E-state index contributed by atoms with van der Waals surface area (Å²) >= 11 is 0. The lowest BCUT2D eigenvalue weighted by molar-refractivity contribution is -0.421. The molecular weight excluding hydrogens is 375 g/mol. The first kappa shape index (κ1) is 21.6. The van der Waals surface area contributed by atoms with Crippen molar-refractivity contribution in [3.8, 4) is 0 Å². The molecule has 0 saturated heterocycles. The molecule has 0 aromatic rings. The van der Waals surface area contributed by atoms with Crippen LogP contribution < -0.4 is 0 Å². The highest BCUT2D eigenvalue weighted by atomic mass is 19.4. The van der Waals surface area contributed by atoms with E-state index in [1.807, 2.05) is 0 Å². The van der Waals surface area contributed by atoms with E-state index < -0.39 is 48.2 Å². The van der Waals surface area contributed by atoms with Crippen molar-refractivity contribution < 1.29 is 67.0 Å². The summed E-state index contributed by atoms with van der Waals surface area (Å²) in [7, 11) is 0. The molecule has 0 aliphatic heterocycles. The first-order chi connectivity index (χ1) is 9.75. The predicted molar refractivity (Wildman–Crippen MR) is 43.3 cm³/mol. The monoisotopic (exact) mass is 378 g/mol. The van der Waals surface area contributed by atoms with Gasteiger partial charge in [0.25, 0.3) is 0 Å². The highest BCUT2D eigenvalue weighted by Gasteiger charge is 2.91. The zero-order valence-electron chi connectivity index (χ0n) is 9.98. The van der Waals surface area contributed by atoms with Gasteiger partial charge in [0.1, 0.15) is 0 Å². The van der Waals surface area contributed by atoms with Crippen LogP contribution in [0.5, 0.6) is 0 Å². The average Bonchev–Trinajstić information content (AvgIpc) is 2.37. The van der Waals surface area contributed by atoms with Crippen LogP contribution in [0.15, 0.2) is 0 Å². The third kappa shape index (κ3) is 2.56. The molecule has 0 heterocycles. The van der Waals surface area contributed by atoms with E-state index in [0.717, 1.165) is 0 Å². The normalized spacial score (nSPS) is 15.7. The second-order valence-electron chi connectivity index (χ2n) is 4.02. The third-order valence-electron chi connectivity index (χ3n) is 2.47. The first-order valence-corrected chi connectivity index (χ1v) is 4.82. The van der Waals surface area contributed by atoms with E-state index >= 15 is 0 Å². The van der Waals surface area contributed by atoms with Crippen molar-refractivity contribution >= 4 is 5.97 Å². The van der Waals surface area contributed by atoms with Crippen LogP contribution in [-0.4, -0.2) is 53.3 Å². The van der Waals surface area contributed by atoms with Crippen molar-refractivity contribution in [3.63, 3.8) is 0 Å². The standard InChI is InChI=1S/C8H3F13O2/c9-1-3(10,11)5(14,15)7(18,19)8(20,21)6(16,17)4(12,13)2(22)23/h1H2,(H,22,23). The largest absolute Gasteiger partial charge is 0.477 e. The summed E-state index contributed by atoms with van der Waals surface area (Å²) in [6.45, 7) is -3.73. The molecule has 0 aromatic heterocycles. The molecule has 0 atom stereocenters. The van der Waals surface area contributed by atoms with Gasteiger partial charge < -0.3 is 5.11 Å². The summed E-state index contributed by atoms with van der Waals surface area (Å²) < 4.78 is 163. The highest BCUT2D eigenvalue weighted by molar-refractivity contribution is 5.77. The van der Waals surface area contributed by atoms with E-state index in [1.54, 1.807) is 0 Å². The van der Waals surface area contributed by atoms with Crippen molar-refractivity contribution in [2.45, 2.75) is 35.5 Å². The van der Waals surface area contributed by atoms with Gasteiger partial charge in [-0.25, -0.2) is 9.18 Å². The van der Waals surface area contributed by atoms with Crippen LogP contribution in [0.25, 0.3) is 0 Å². The van der Waals surface area contributed by atoms with Gasteiger partial charge in [-0.2, -0.15) is 52.7 Å². The Balaban J connectivity index is 6.34. The minimum atomic E-state index is -8.00. The van der Waals surface area contributed by atoms with Crippen molar-refractivity contribution in [1.82, 2.24) is 0 Å². The van der Waals surface area contributed by atoms with Gasteiger partial charge in [0.05, 0.1) is 0 Å². The van der Waals surface area contributed by atoms with E-state index in [2.05, 4.69) is 0 Å². The summed E-state index contributed by atoms with van der Waals surface area (Å²) in [5.74, 6) is -49.0. The quantitative estimate of drug-likeness (QED) is 0.684. The number of rotatable bonds is 7. The van der Waals surface area contributed by atoms with Crippen LogP contribution in [0, 0.1) is 0 Å². The number of carboxylic acid groups (broad SMARTS) is 1. The Morgan fingerprint density at radius 3 is 1.22 bits per heavy atom. The Kier molecular flexibility index (Phi) is 4.96. The molecular formula is C8H3F13O2. The number of carbonyl (C=O) groups is 1. The lowest BCUT2D eigenvalue weighted by Gasteiger charge is -2.39. The van der Waals surface area contributed by atoms with Gasteiger partial charge in [-0.3, -0.25) is 0 Å². The van der Waals surface area contributed by atoms with Crippen LogP contribution in [0.2, 0.25) is 0 Å². The first-order valence-electron chi connectivity index (χ1n) is 4.82. The Hall–Kier alpha value is -1.44. The molecule has 15 heteroatoms. The van der Waals surface area contributed by atoms with E-state index in [4.69, 9.17) is 5.11 Å². The second-order valence-corrected chi connectivity index (χ2v) is 4.02. The minimum absolute atomic E-state index is 3.73. The van der Waals surface area contributed by atoms with E-state index in [9.17, 15) is 61.9 Å². The maximum Gasteiger partial charge on any atom is 0.410 e. The fourth-order valence-electron chi connectivity index (χ4n) is 1.04. The second kappa shape index (κ2) is 5.29. The molecule has 2 nitrogen and oxygen atoms in total. The van der Waals surface area contributed by atoms with Gasteiger partial charge in [-0.15, -0.1) is 0 Å². The molecule has 0 fully saturated rings. The summed E-state index contributed by atoms with van der Waals surface area (Å²) in [4.78, 5) is 9.74. The number of halogens is 13. The zero-order chi connectivity index (χ0) is 19.3. The fourth-order valence-corrected chi connectivity index (χ4v) is 1.04. The molecule has 0 unspecified atom stereocenters.